The highest BCUT2D eigenvalue weighted by atomic mass is 19.3. The molecular formula is C19H27F2N5O2. The van der Waals surface area contributed by atoms with Gasteiger partial charge in [0.25, 0.3) is 5.92 Å². The van der Waals surface area contributed by atoms with Gasteiger partial charge in [-0.25, -0.2) is 4.98 Å². The van der Waals surface area contributed by atoms with E-state index in [1.54, 1.807) is 0 Å². The van der Waals surface area contributed by atoms with Crippen LogP contribution in [0.15, 0.2) is 0 Å². The molecule has 2 fully saturated rings. The van der Waals surface area contributed by atoms with Crippen LogP contribution in [0.4, 0.5) is 20.5 Å². The molecule has 0 aromatic carbocycles. The van der Waals surface area contributed by atoms with E-state index in [-0.39, 0.29) is 49.6 Å². The average molecular weight is 395 g/mol. The normalized spacial score (nSPS) is 25.6. The second-order valence-corrected chi connectivity index (χ2v) is 8.09. The maximum Gasteiger partial charge on any atom is 0.290 e. The fourth-order valence-corrected chi connectivity index (χ4v) is 4.32. The molecule has 9 heteroatoms. The Morgan fingerprint density at radius 3 is 2.82 bits per heavy atom. The van der Waals surface area contributed by atoms with E-state index in [0.717, 1.165) is 19.4 Å². The second kappa shape index (κ2) is 7.42. The summed E-state index contributed by atoms with van der Waals surface area (Å²) in [6, 6.07) is 0.266. The lowest BCUT2D eigenvalue weighted by Crippen LogP contribution is -2.47. The van der Waals surface area contributed by atoms with Gasteiger partial charge in [-0.05, 0) is 32.1 Å². The number of alkyl halides is 2. The maximum absolute atomic E-state index is 14.4. The molecule has 1 aromatic heterocycles. The number of nitrogens with zero attached hydrogens (tertiary/aromatic N) is 4. The van der Waals surface area contributed by atoms with E-state index in [1.807, 2.05) is 9.80 Å². The van der Waals surface area contributed by atoms with E-state index >= 15 is 0 Å². The van der Waals surface area contributed by atoms with E-state index in [1.165, 1.54) is 0 Å². The molecule has 0 spiro atoms. The summed E-state index contributed by atoms with van der Waals surface area (Å²) in [7, 11) is 0. The lowest BCUT2D eigenvalue weighted by atomic mass is 10.0. The molecule has 28 heavy (non-hydrogen) atoms. The van der Waals surface area contributed by atoms with E-state index in [9.17, 15) is 13.6 Å². The van der Waals surface area contributed by atoms with Gasteiger partial charge >= 0.3 is 0 Å². The topological polar surface area (TPSA) is 81.6 Å². The smallest absolute Gasteiger partial charge is 0.290 e. The molecule has 1 amide bonds. The highest BCUT2D eigenvalue weighted by molar-refractivity contribution is 5.76. The van der Waals surface area contributed by atoms with E-state index < -0.39 is 5.92 Å². The first kappa shape index (κ1) is 19.3. The lowest BCUT2D eigenvalue weighted by molar-refractivity contribution is -0.122. The van der Waals surface area contributed by atoms with Crippen LogP contribution in [-0.2, 0) is 17.1 Å². The molecule has 4 rings (SSSR count). The summed E-state index contributed by atoms with van der Waals surface area (Å²) in [6.07, 6.45) is 2.27. The Morgan fingerprint density at radius 2 is 2.14 bits per heavy atom. The molecule has 154 valence electrons. The highest BCUT2D eigenvalue weighted by Crippen LogP contribution is 2.45. The summed E-state index contributed by atoms with van der Waals surface area (Å²) in [5, 5.41) is 11.5. The molecule has 2 saturated heterocycles. The van der Waals surface area contributed by atoms with Gasteiger partial charge in [0, 0.05) is 50.6 Å². The lowest BCUT2D eigenvalue weighted by Gasteiger charge is -2.39. The zero-order chi connectivity index (χ0) is 19.9. The standard InChI is InChI=1S/C19H27F2N5O2/c1-12-3-8-26(12)18-23-16-14(2-5-19(16,20)21)17(24-18)25-7-4-13(11-25)10-15(28)22-6-9-27/h12-13,27H,2-11H2,1H3,(H,22,28)/t12-,13+/m0/s1. The van der Waals surface area contributed by atoms with Crippen LogP contribution in [0.2, 0.25) is 0 Å². The van der Waals surface area contributed by atoms with Crippen molar-refractivity contribution in [2.45, 2.75) is 51.0 Å². The molecule has 2 aliphatic heterocycles. The van der Waals surface area contributed by atoms with Gasteiger partial charge in [-0.15, -0.1) is 0 Å². The van der Waals surface area contributed by atoms with Gasteiger partial charge < -0.3 is 20.2 Å². The van der Waals surface area contributed by atoms with Crippen molar-refractivity contribution in [3.05, 3.63) is 11.3 Å². The maximum atomic E-state index is 14.4. The molecule has 0 unspecified atom stereocenters. The summed E-state index contributed by atoms with van der Waals surface area (Å²) in [5.74, 6) is -1.82. The summed E-state index contributed by atoms with van der Waals surface area (Å²) >= 11 is 0. The van der Waals surface area contributed by atoms with Crippen molar-refractivity contribution in [3.8, 4) is 0 Å². The highest BCUT2D eigenvalue weighted by Gasteiger charge is 2.45. The van der Waals surface area contributed by atoms with Gasteiger partial charge in [0.1, 0.15) is 11.5 Å². The summed E-state index contributed by atoms with van der Waals surface area (Å²) in [4.78, 5) is 24.9. The predicted octanol–water partition coefficient (Wildman–Crippen LogP) is 1.44. The molecular weight excluding hydrogens is 368 g/mol. The van der Waals surface area contributed by atoms with Gasteiger partial charge in [0.2, 0.25) is 11.9 Å². The molecule has 3 aliphatic rings. The average Bonchev–Trinajstić information content (AvgIpc) is 3.23. The molecule has 0 bridgehead atoms. The largest absolute Gasteiger partial charge is 0.395 e. The minimum absolute atomic E-state index is 0.0818. The van der Waals surface area contributed by atoms with Crippen molar-refractivity contribution >= 4 is 17.7 Å². The SMILES string of the molecule is C[C@H]1CCN1c1nc(N2CC[C@H](CC(=O)NCCO)C2)c2c(n1)C(F)(F)CC2. The number of aromatic nitrogens is 2. The Balaban J connectivity index is 1.55. The van der Waals surface area contributed by atoms with Crippen molar-refractivity contribution in [1.82, 2.24) is 15.3 Å². The van der Waals surface area contributed by atoms with Crippen LogP contribution in [0.3, 0.4) is 0 Å². The number of aliphatic hydroxyl groups excluding tert-OH is 1. The molecule has 1 aliphatic carbocycles. The second-order valence-electron chi connectivity index (χ2n) is 8.09. The molecule has 2 atom stereocenters. The number of nitrogens with one attached hydrogen (secondary N) is 1. The van der Waals surface area contributed by atoms with Crippen LogP contribution < -0.4 is 15.1 Å². The number of amides is 1. The molecule has 0 saturated carbocycles. The fraction of sp³-hybridized carbons (Fsp3) is 0.737. The molecule has 1 aromatic rings. The van der Waals surface area contributed by atoms with Crippen LogP contribution in [0.25, 0.3) is 0 Å². The van der Waals surface area contributed by atoms with Gasteiger partial charge in [0.15, 0.2) is 0 Å². The number of anilines is 2. The van der Waals surface area contributed by atoms with Crippen LogP contribution in [0.5, 0.6) is 0 Å². The van der Waals surface area contributed by atoms with Crippen LogP contribution in [0.1, 0.15) is 43.9 Å². The van der Waals surface area contributed by atoms with Gasteiger partial charge in [-0.3, -0.25) is 4.79 Å². The third-order valence-corrected chi connectivity index (χ3v) is 6.08. The summed E-state index contributed by atoms with van der Waals surface area (Å²) in [6.45, 7) is 4.33. The number of carbonyl (C=O) groups excluding carboxylic acids is 1. The monoisotopic (exact) mass is 395 g/mol. The first-order valence-electron chi connectivity index (χ1n) is 10.1. The van der Waals surface area contributed by atoms with Crippen molar-refractivity contribution in [2.75, 3.05) is 42.6 Å². The third-order valence-electron chi connectivity index (χ3n) is 6.08. The Hall–Kier alpha value is -2.03. The number of aliphatic hydroxyl groups is 1. The minimum atomic E-state index is -2.90. The van der Waals surface area contributed by atoms with Crippen molar-refractivity contribution < 1.29 is 18.7 Å². The molecule has 3 heterocycles. The number of carbonyl (C=O) groups is 1. The van der Waals surface area contributed by atoms with Gasteiger partial charge in [0.05, 0.1) is 6.61 Å². The Labute approximate surface area is 163 Å². The zero-order valence-electron chi connectivity index (χ0n) is 16.1. The minimum Gasteiger partial charge on any atom is -0.395 e. The van der Waals surface area contributed by atoms with Crippen molar-refractivity contribution in [2.24, 2.45) is 5.92 Å². The predicted molar refractivity (Wildman–Crippen MR) is 101 cm³/mol. The van der Waals surface area contributed by atoms with Gasteiger partial charge in [-0.2, -0.15) is 13.8 Å². The fourth-order valence-electron chi connectivity index (χ4n) is 4.32. The zero-order valence-corrected chi connectivity index (χ0v) is 16.1. The molecule has 7 nitrogen and oxygen atoms in total. The number of hydrogen-bond donors (Lipinski definition) is 2. The van der Waals surface area contributed by atoms with E-state index in [0.29, 0.717) is 36.8 Å². The van der Waals surface area contributed by atoms with Crippen molar-refractivity contribution in [1.29, 1.82) is 0 Å². The first-order valence-corrected chi connectivity index (χ1v) is 10.1. The molecule has 2 N–H and O–H groups in total. The quantitative estimate of drug-likeness (QED) is 0.759. The molecule has 0 radical (unpaired) electrons. The number of hydrogen-bond acceptors (Lipinski definition) is 6. The number of rotatable bonds is 6. The van der Waals surface area contributed by atoms with Crippen LogP contribution >= 0.6 is 0 Å². The van der Waals surface area contributed by atoms with Gasteiger partial charge in [-0.1, -0.05) is 0 Å². The Kier molecular flexibility index (Phi) is 5.11. The number of halogens is 2. The van der Waals surface area contributed by atoms with E-state index in [4.69, 9.17) is 10.1 Å². The van der Waals surface area contributed by atoms with Crippen LogP contribution in [0, 0.1) is 5.92 Å². The number of fused-ring (bicyclic) bond motifs is 1. The first-order chi connectivity index (χ1) is 13.4. The van der Waals surface area contributed by atoms with Crippen LogP contribution in [-0.4, -0.2) is 59.8 Å². The Morgan fingerprint density at radius 1 is 1.32 bits per heavy atom. The summed E-state index contributed by atoms with van der Waals surface area (Å²) in [5.41, 5.74) is 0.447. The summed E-state index contributed by atoms with van der Waals surface area (Å²) < 4.78 is 28.9. The Bertz CT molecular complexity index is 760. The third kappa shape index (κ3) is 3.52. The van der Waals surface area contributed by atoms with Crippen molar-refractivity contribution in [3.63, 3.8) is 0 Å². The van der Waals surface area contributed by atoms with E-state index in [2.05, 4.69) is 17.2 Å².